The minimum Gasteiger partial charge on any atom is -0.497 e. The van der Waals surface area contributed by atoms with Gasteiger partial charge in [0.05, 0.1) is 18.5 Å². The van der Waals surface area contributed by atoms with Crippen LogP contribution in [0.3, 0.4) is 0 Å². The number of anilines is 1. The van der Waals surface area contributed by atoms with E-state index in [9.17, 15) is 0 Å². The number of hydrogen-bond donors (Lipinski definition) is 1. The van der Waals surface area contributed by atoms with Crippen LogP contribution in [0.5, 0.6) is 17.2 Å². The van der Waals surface area contributed by atoms with Gasteiger partial charge in [0.1, 0.15) is 22.9 Å². The Morgan fingerprint density at radius 1 is 0.698 bits per heavy atom. The second-order valence-electron chi connectivity index (χ2n) is 9.55. The van der Waals surface area contributed by atoms with Crippen molar-refractivity contribution in [3.63, 3.8) is 0 Å². The molecule has 0 spiro atoms. The summed E-state index contributed by atoms with van der Waals surface area (Å²) in [5.74, 6) is 0.476. The van der Waals surface area contributed by atoms with Crippen molar-refractivity contribution in [2.75, 3.05) is 12.4 Å². The monoisotopic (exact) mass is 588 g/mol. The lowest BCUT2D eigenvalue weighted by Crippen LogP contribution is -2.18. The van der Waals surface area contributed by atoms with Gasteiger partial charge >= 0.3 is 7.60 Å². The van der Waals surface area contributed by atoms with Gasteiger partial charge in [-0.2, -0.15) is 5.10 Å². The van der Waals surface area contributed by atoms with Gasteiger partial charge in [-0.15, -0.1) is 0 Å². The van der Waals surface area contributed by atoms with Crippen molar-refractivity contribution in [3.8, 4) is 34.3 Å². The predicted molar refractivity (Wildman–Crippen MR) is 168 cm³/mol. The van der Waals surface area contributed by atoms with Crippen molar-refractivity contribution >= 4 is 13.3 Å². The summed E-state index contributed by atoms with van der Waals surface area (Å²) in [4.78, 5) is 4.59. The van der Waals surface area contributed by atoms with Crippen molar-refractivity contribution < 1.29 is 18.3 Å². The van der Waals surface area contributed by atoms with Gasteiger partial charge in [-0.25, -0.2) is 9.25 Å². The average molecular weight is 589 g/mol. The largest absolute Gasteiger partial charge is 0.497 e. The number of aromatic nitrogens is 3. The molecule has 9 heteroatoms. The zero-order valence-electron chi connectivity index (χ0n) is 23.4. The van der Waals surface area contributed by atoms with Gasteiger partial charge in [-0.1, -0.05) is 60.7 Å². The Kier molecular flexibility index (Phi) is 8.20. The highest BCUT2D eigenvalue weighted by Gasteiger charge is 2.44. The average Bonchev–Trinajstić information content (AvgIpc) is 3.51. The molecule has 0 saturated carbocycles. The van der Waals surface area contributed by atoms with Crippen LogP contribution in [0.1, 0.15) is 11.3 Å². The molecule has 0 amide bonds. The second kappa shape index (κ2) is 12.7. The van der Waals surface area contributed by atoms with Crippen LogP contribution in [0.25, 0.3) is 17.1 Å². The number of methoxy groups -OCH3 is 1. The Morgan fingerprint density at radius 2 is 1.28 bits per heavy atom. The number of ether oxygens (including phenoxy) is 1. The quantitative estimate of drug-likeness (QED) is 0.152. The first kappa shape index (κ1) is 27.8. The highest BCUT2D eigenvalue weighted by atomic mass is 31.2. The third-order valence-corrected chi connectivity index (χ3v) is 8.60. The fraction of sp³-hybridized carbons (Fsp3) is 0.0588. The van der Waals surface area contributed by atoms with E-state index in [-0.39, 0.29) is 0 Å². The Morgan fingerprint density at radius 3 is 1.84 bits per heavy atom. The summed E-state index contributed by atoms with van der Waals surface area (Å²) in [6.45, 7) is 0. The summed E-state index contributed by atoms with van der Waals surface area (Å²) in [5, 5.41) is 8.38. The van der Waals surface area contributed by atoms with E-state index >= 15 is 4.57 Å². The van der Waals surface area contributed by atoms with Gasteiger partial charge in [0.2, 0.25) is 0 Å². The van der Waals surface area contributed by atoms with Gasteiger partial charge in [-0.05, 0) is 72.8 Å². The van der Waals surface area contributed by atoms with Gasteiger partial charge in [0, 0.05) is 23.6 Å². The summed E-state index contributed by atoms with van der Waals surface area (Å²) in [5.41, 5.74) is 3.23. The lowest BCUT2D eigenvalue weighted by Gasteiger charge is -2.29. The van der Waals surface area contributed by atoms with E-state index < -0.39 is 13.4 Å². The van der Waals surface area contributed by atoms with Crippen molar-refractivity contribution in [1.82, 2.24) is 14.8 Å². The predicted octanol–water partition coefficient (Wildman–Crippen LogP) is 8.40. The molecule has 6 rings (SSSR count). The third-order valence-electron chi connectivity index (χ3n) is 6.63. The normalized spacial score (nSPS) is 11.8. The SMILES string of the molecule is COc1ccc(NC(c2cn(-c3ccccc3)nc2-c2ccccn2)P(=O)(Oc2ccccc2)Oc2ccccc2)cc1. The van der Waals surface area contributed by atoms with E-state index in [0.29, 0.717) is 39.9 Å². The molecule has 43 heavy (non-hydrogen) atoms. The summed E-state index contributed by atoms with van der Waals surface area (Å²) >= 11 is 0. The van der Waals surface area contributed by atoms with Crippen LogP contribution < -0.4 is 19.1 Å². The van der Waals surface area contributed by atoms with Gasteiger partial charge in [0.15, 0.2) is 5.78 Å². The molecule has 1 atom stereocenters. The van der Waals surface area contributed by atoms with E-state index in [1.54, 1.807) is 42.3 Å². The van der Waals surface area contributed by atoms with Crippen LogP contribution in [0.2, 0.25) is 0 Å². The van der Waals surface area contributed by atoms with Crippen molar-refractivity contribution in [2.24, 2.45) is 0 Å². The number of hydrogen-bond acceptors (Lipinski definition) is 7. The first-order chi connectivity index (χ1) is 21.1. The number of pyridine rings is 1. The molecule has 8 nitrogen and oxygen atoms in total. The molecule has 214 valence electrons. The van der Waals surface area contributed by atoms with Gasteiger partial charge in [0.25, 0.3) is 0 Å². The summed E-state index contributed by atoms with van der Waals surface area (Å²) in [7, 11) is -2.52. The van der Waals surface area contributed by atoms with Crippen LogP contribution in [-0.2, 0) is 4.57 Å². The first-order valence-corrected chi connectivity index (χ1v) is 15.3. The second-order valence-corrected chi connectivity index (χ2v) is 11.5. The molecule has 0 fully saturated rings. The molecule has 1 N–H and O–H groups in total. The van der Waals surface area contributed by atoms with E-state index in [2.05, 4.69) is 10.3 Å². The molecule has 6 aromatic rings. The fourth-order valence-electron chi connectivity index (χ4n) is 4.56. The minimum atomic E-state index is -4.13. The summed E-state index contributed by atoms with van der Waals surface area (Å²) in [6, 6.07) is 40.7. The van der Waals surface area contributed by atoms with E-state index in [4.69, 9.17) is 18.9 Å². The number of nitrogens with one attached hydrogen (secondary N) is 1. The topological polar surface area (TPSA) is 87.5 Å². The number of para-hydroxylation sites is 3. The molecule has 0 bridgehead atoms. The molecular weight excluding hydrogens is 559 g/mol. The van der Waals surface area contributed by atoms with E-state index in [1.165, 1.54) is 0 Å². The summed E-state index contributed by atoms with van der Waals surface area (Å²) in [6.07, 6.45) is 3.54. The maximum absolute atomic E-state index is 15.3. The zero-order chi connectivity index (χ0) is 29.5. The molecule has 1 unspecified atom stereocenters. The van der Waals surface area contributed by atoms with Crippen LogP contribution >= 0.6 is 7.60 Å². The van der Waals surface area contributed by atoms with E-state index in [1.807, 2.05) is 115 Å². The number of rotatable bonds is 11. The molecule has 0 aliphatic rings. The molecule has 2 aromatic heterocycles. The maximum Gasteiger partial charge on any atom is 0.457 e. The zero-order valence-corrected chi connectivity index (χ0v) is 24.3. The fourth-order valence-corrected chi connectivity index (χ4v) is 6.47. The standard InChI is InChI=1S/C34H29N4O4P/c1-40-28-22-20-26(21-23-28)36-34(43(39,41-29-15-7-3-8-16-29)42-30-17-9-4-10-18-30)31-25-38(27-13-5-2-6-14-27)37-33(31)32-19-11-12-24-35-32/h2-25,34,36H,1H3. The lowest BCUT2D eigenvalue weighted by molar-refractivity contribution is 0.376. The Labute approximate surface area is 250 Å². The molecule has 0 aliphatic heterocycles. The van der Waals surface area contributed by atoms with Crippen LogP contribution in [-0.4, -0.2) is 21.9 Å². The first-order valence-electron chi connectivity index (χ1n) is 13.7. The third kappa shape index (κ3) is 6.45. The van der Waals surface area contributed by atoms with Crippen LogP contribution in [0.15, 0.2) is 146 Å². The minimum absolute atomic E-state index is 0.401. The lowest BCUT2D eigenvalue weighted by atomic mass is 10.1. The van der Waals surface area contributed by atoms with Crippen molar-refractivity contribution in [2.45, 2.75) is 5.78 Å². The highest BCUT2D eigenvalue weighted by Crippen LogP contribution is 2.61. The van der Waals surface area contributed by atoms with Crippen molar-refractivity contribution in [1.29, 1.82) is 0 Å². The maximum atomic E-state index is 15.3. The molecule has 0 aliphatic carbocycles. The molecule has 0 saturated heterocycles. The highest BCUT2D eigenvalue weighted by molar-refractivity contribution is 7.55. The Hall–Kier alpha value is -5.33. The Bertz CT molecular complexity index is 1750. The Balaban J connectivity index is 1.56. The molecule has 2 heterocycles. The van der Waals surface area contributed by atoms with Gasteiger partial charge < -0.3 is 19.1 Å². The van der Waals surface area contributed by atoms with Crippen molar-refractivity contribution in [3.05, 3.63) is 151 Å². The van der Waals surface area contributed by atoms with Gasteiger partial charge in [-0.3, -0.25) is 4.98 Å². The smallest absolute Gasteiger partial charge is 0.457 e. The molecular formula is C34H29N4O4P. The molecule has 0 radical (unpaired) electrons. The summed E-state index contributed by atoms with van der Waals surface area (Å²) < 4.78 is 35.1. The molecule has 4 aromatic carbocycles. The van der Waals surface area contributed by atoms with E-state index in [0.717, 1.165) is 5.69 Å². The van der Waals surface area contributed by atoms with Crippen LogP contribution in [0, 0.1) is 0 Å². The number of benzene rings is 4. The number of nitrogens with zero attached hydrogens (tertiary/aromatic N) is 3. The van der Waals surface area contributed by atoms with Crippen LogP contribution in [0.4, 0.5) is 5.69 Å².